The van der Waals surface area contributed by atoms with Gasteiger partial charge < -0.3 is 15.4 Å². The number of hydrogen-bond donors (Lipinski definition) is 1. The third-order valence-electron chi connectivity index (χ3n) is 4.27. The molecule has 20 heavy (non-hydrogen) atoms. The lowest BCUT2D eigenvalue weighted by Crippen LogP contribution is -2.40. The molecule has 3 unspecified atom stereocenters. The number of likely N-dealkylation sites (tertiary alicyclic amines) is 1. The molecule has 0 spiro atoms. The van der Waals surface area contributed by atoms with Gasteiger partial charge in [-0.15, -0.1) is 0 Å². The highest BCUT2D eigenvalue weighted by atomic mass is 16.5. The van der Waals surface area contributed by atoms with Gasteiger partial charge in [0.15, 0.2) is 0 Å². The van der Waals surface area contributed by atoms with E-state index in [0.717, 1.165) is 18.8 Å². The van der Waals surface area contributed by atoms with Gasteiger partial charge in [0.2, 0.25) is 0 Å². The van der Waals surface area contributed by atoms with Crippen LogP contribution < -0.4 is 10.5 Å². The van der Waals surface area contributed by atoms with Crippen molar-refractivity contribution < 1.29 is 4.74 Å². The third-order valence-corrected chi connectivity index (χ3v) is 4.27. The molecule has 1 aliphatic rings. The minimum absolute atomic E-state index is 0.115. The summed E-state index contributed by atoms with van der Waals surface area (Å²) in [4.78, 5) is 4.82. The molecule has 0 bridgehead atoms. The monoisotopic (exact) mass is 277 g/mol. The standard InChI is InChI=1S/C16H27N3O/c1-12(17)16(13-5-7-15(20-4)8-6-13)19-10-9-14(11-19)18(2)3/h5-8,12,14,16H,9-11,17H2,1-4H3. The summed E-state index contributed by atoms with van der Waals surface area (Å²) in [6, 6.07) is 9.34. The second-order valence-corrected chi connectivity index (χ2v) is 5.98. The van der Waals surface area contributed by atoms with E-state index in [4.69, 9.17) is 10.5 Å². The number of nitrogens with zero attached hydrogens (tertiary/aromatic N) is 2. The lowest BCUT2D eigenvalue weighted by molar-refractivity contribution is 0.197. The first kappa shape index (κ1) is 15.3. The van der Waals surface area contributed by atoms with Crippen molar-refractivity contribution in [2.45, 2.75) is 31.5 Å². The fourth-order valence-corrected chi connectivity index (χ4v) is 3.09. The first-order valence-corrected chi connectivity index (χ1v) is 7.33. The number of ether oxygens (including phenoxy) is 1. The molecule has 1 heterocycles. The minimum Gasteiger partial charge on any atom is -0.497 e. The molecule has 112 valence electrons. The van der Waals surface area contributed by atoms with Crippen LogP contribution in [-0.4, -0.2) is 56.2 Å². The van der Waals surface area contributed by atoms with E-state index >= 15 is 0 Å². The molecule has 4 nitrogen and oxygen atoms in total. The third kappa shape index (κ3) is 3.32. The Morgan fingerprint density at radius 3 is 2.40 bits per heavy atom. The summed E-state index contributed by atoms with van der Waals surface area (Å²) in [6.45, 7) is 4.30. The smallest absolute Gasteiger partial charge is 0.118 e. The van der Waals surface area contributed by atoms with Gasteiger partial charge in [-0.25, -0.2) is 0 Å². The Labute approximate surface area is 122 Å². The van der Waals surface area contributed by atoms with Gasteiger partial charge >= 0.3 is 0 Å². The number of hydrogen-bond acceptors (Lipinski definition) is 4. The number of nitrogens with two attached hydrogens (primary N) is 1. The summed E-state index contributed by atoms with van der Waals surface area (Å²) in [5.74, 6) is 0.893. The number of likely N-dealkylation sites (N-methyl/N-ethyl adjacent to an activating group) is 1. The van der Waals surface area contributed by atoms with Crippen LogP contribution in [0.25, 0.3) is 0 Å². The summed E-state index contributed by atoms with van der Waals surface area (Å²) in [5, 5.41) is 0. The number of methoxy groups -OCH3 is 1. The fourth-order valence-electron chi connectivity index (χ4n) is 3.09. The second kappa shape index (κ2) is 6.57. The maximum absolute atomic E-state index is 6.25. The predicted molar refractivity (Wildman–Crippen MR) is 83.0 cm³/mol. The Balaban J connectivity index is 2.15. The molecule has 1 aliphatic heterocycles. The van der Waals surface area contributed by atoms with Crippen molar-refractivity contribution in [2.24, 2.45) is 5.73 Å². The van der Waals surface area contributed by atoms with E-state index in [9.17, 15) is 0 Å². The summed E-state index contributed by atoms with van der Waals surface area (Å²) in [5.41, 5.74) is 7.53. The molecule has 0 aromatic heterocycles. The van der Waals surface area contributed by atoms with Crippen molar-refractivity contribution in [3.63, 3.8) is 0 Å². The molecule has 2 rings (SSSR count). The molecule has 0 radical (unpaired) electrons. The Morgan fingerprint density at radius 2 is 1.95 bits per heavy atom. The van der Waals surface area contributed by atoms with Crippen molar-refractivity contribution in [3.05, 3.63) is 29.8 Å². The lowest BCUT2D eigenvalue weighted by Gasteiger charge is -2.32. The first-order valence-electron chi connectivity index (χ1n) is 7.33. The van der Waals surface area contributed by atoms with Gasteiger partial charge in [0.05, 0.1) is 7.11 Å². The highest BCUT2D eigenvalue weighted by molar-refractivity contribution is 5.30. The molecule has 1 saturated heterocycles. The zero-order chi connectivity index (χ0) is 14.7. The van der Waals surface area contributed by atoms with Crippen LogP contribution in [0.3, 0.4) is 0 Å². The van der Waals surface area contributed by atoms with Gasteiger partial charge in [-0.3, -0.25) is 4.90 Å². The van der Waals surface area contributed by atoms with Gasteiger partial charge in [-0.2, -0.15) is 0 Å². The van der Waals surface area contributed by atoms with Crippen LogP contribution in [0.1, 0.15) is 24.9 Å². The summed E-state index contributed by atoms with van der Waals surface area (Å²) < 4.78 is 5.23. The van der Waals surface area contributed by atoms with Gasteiger partial charge in [0, 0.05) is 31.2 Å². The molecule has 4 heteroatoms. The quantitative estimate of drug-likeness (QED) is 0.890. The highest BCUT2D eigenvalue weighted by Crippen LogP contribution is 2.29. The van der Waals surface area contributed by atoms with Gasteiger partial charge in [-0.05, 0) is 45.1 Å². The lowest BCUT2D eigenvalue weighted by atomic mass is 9.99. The Hall–Kier alpha value is -1.10. The van der Waals surface area contributed by atoms with Crippen molar-refractivity contribution in [1.29, 1.82) is 0 Å². The van der Waals surface area contributed by atoms with E-state index in [1.807, 2.05) is 12.1 Å². The average molecular weight is 277 g/mol. The minimum atomic E-state index is 0.115. The Bertz CT molecular complexity index is 416. The molecule has 0 amide bonds. The molecule has 1 fully saturated rings. The van der Waals surface area contributed by atoms with Crippen molar-refractivity contribution in [2.75, 3.05) is 34.3 Å². The fraction of sp³-hybridized carbons (Fsp3) is 0.625. The second-order valence-electron chi connectivity index (χ2n) is 5.98. The summed E-state index contributed by atoms with van der Waals surface area (Å²) >= 11 is 0. The maximum Gasteiger partial charge on any atom is 0.118 e. The largest absolute Gasteiger partial charge is 0.497 e. The molecule has 2 N–H and O–H groups in total. The van der Waals surface area contributed by atoms with E-state index in [2.05, 4.69) is 43.0 Å². The first-order chi connectivity index (χ1) is 9.52. The van der Waals surface area contributed by atoms with Gasteiger partial charge in [0.1, 0.15) is 5.75 Å². The van der Waals surface area contributed by atoms with Crippen LogP contribution in [0.2, 0.25) is 0 Å². The SMILES string of the molecule is COc1ccc(C(C(C)N)N2CCC(N(C)C)C2)cc1. The normalized spacial score (nSPS) is 23.0. The van der Waals surface area contributed by atoms with Crippen molar-refractivity contribution >= 4 is 0 Å². The van der Waals surface area contributed by atoms with Crippen LogP contribution in [0.15, 0.2) is 24.3 Å². The van der Waals surface area contributed by atoms with Crippen LogP contribution >= 0.6 is 0 Å². The van der Waals surface area contributed by atoms with Crippen LogP contribution in [0.4, 0.5) is 0 Å². The maximum atomic E-state index is 6.25. The molecular formula is C16H27N3O. The number of benzene rings is 1. The Kier molecular flexibility index (Phi) is 5.02. The molecule has 1 aromatic carbocycles. The molecule has 0 saturated carbocycles. The van der Waals surface area contributed by atoms with E-state index < -0.39 is 0 Å². The number of rotatable bonds is 5. The van der Waals surface area contributed by atoms with E-state index in [0.29, 0.717) is 6.04 Å². The summed E-state index contributed by atoms with van der Waals surface area (Å²) in [6.07, 6.45) is 1.21. The highest BCUT2D eigenvalue weighted by Gasteiger charge is 2.31. The predicted octanol–water partition coefficient (Wildman–Crippen LogP) is 1.72. The average Bonchev–Trinajstić information content (AvgIpc) is 2.89. The zero-order valence-electron chi connectivity index (χ0n) is 13.0. The van der Waals surface area contributed by atoms with E-state index in [-0.39, 0.29) is 12.1 Å². The molecular weight excluding hydrogens is 250 g/mol. The molecule has 1 aromatic rings. The van der Waals surface area contributed by atoms with Crippen molar-refractivity contribution in [1.82, 2.24) is 9.80 Å². The van der Waals surface area contributed by atoms with Crippen LogP contribution in [-0.2, 0) is 0 Å². The zero-order valence-corrected chi connectivity index (χ0v) is 13.0. The molecule has 0 aliphatic carbocycles. The van der Waals surface area contributed by atoms with Gasteiger partial charge in [0.25, 0.3) is 0 Å². The Morgan fingerprint density at radius 1 is 1.30 bits per heavy atom. The van der Waals surface area contributed by atoms with E-state index in [1.165, 1.54) is 12.0 Å². The van der Waals surface area contributed by atoms with Gasteiger partial charge in [-0.1, -0.05) is 12.1 Å². The van der Waals surface area contributed by atoms with Crippen LogP contribution in [0, 0.1) is 0 Å². The topological polar surface area (TPSA) is 41.7 Å². The van der Waals surface area contributed by atoms with E-state index in [1.54, 1.807) is 7.11 Å². The van der Waals surface area contributed by atoms with Crippen molar-refractivity contribution in [3.8, 4) is 5.75 Å². The molecule has 3 atom stereocenters. The summed E-state index contributed by atoms with van der Waals surface area (Å²) in [7, 11) is 6.01. The van der Waals surface area contributed by atoms with Crippen LogP contribution in [0.5, 0.6) is 5.75 Å².